The minimum Gasteiger partial charge on any atom is -0.396 e. The van der Waals surface area contributed by atoms with Gasteiger partial charge in [0.15, 0.2) is 0 Å². The van der Waals surface area contributed by atoms with Crippen LogP contribution in [0.1, 0.15) is 24.5 Å². The van der Waals surface area contributed by atoms with Crippen LogP contribution in [0.5, 0.6) is 0 Å². The summed E-state index contributed by atoms with van der Waals surface area (Å²) < 4.78 is 0. The van der Waals surface area contributed by atoms with Crippen LogP contribution in [0.4, 0.5) is 5.69 Å². The second-order valence-electron chi connectivity index (χ2n) is 4.13. The predicted octanol–water partition coefficient (Wildman–Crippen LogP) is 1.99. The van der Waals surface area contributed by atoms with Crippen LogP contribution < -0.4 is 4.90 Å². The van der Waals surface area contributed by atoms with Crippen molar-refractivity contribution >= 4 is 5.69 Å². The van der Waals surface area contributed by atoms with Gasteiger partial charge in [0.1, 0.15) is 0 Å². The van der Waals surface area contributed by atoms with Crippen LogP contribution in [0.25, 0.3) is 0 Å². The highest BCUT2D eigenvalue weighted by molar-refractivity contribution is 5.60. The predicted molar refractivity (Wildman–Crippen MR) is 63.4 cm³/mol. The van der Waals surface area contributed by atoms with E-state index in [1.165, 1.54) is 23.2 Å². The molecule has 0 aliphatic carbocycles. The number of rotatable bonds is 4. The largest absolute Gasteiger partial charge is 0.396 e. The molecule has 0 unspecified atom stereocenters. The lowest BCUT2D eigenvalue weighted by molar-refractivity contribution is 0.299. The number of hydrogen-bond donors (Lipinski definition) is 1. The fourth-order valence-electron chi connectivity index (χ4n) is 2.43. The van der Waals surface area contributed by atoms with Crippen LogP contribution in [-0.2, 0) is 12.8 Å². The molecule has 0 saturated carbocycles. The van der Waals surface area contributed by atoms with Crippen molar-refractivity contribution in [2.24, 2.45) is 0 Å². The van der Waals surface area contributed by atoms with Gasteiger partial charge in [-0.15, -0.1) is 0 Å². The molecule has 0 fully saturated rings. The molecular weight excluding hydrogens is 186 g/mol. The third kappa shape index (κ3) is 2.00. The molecule has 1 heterocycles. The number of hydrogen-bond acceptors (Lipinski definition) is 2. The van der Waals surface area contributed by atoms with Crippen molar-refractivity contribution in [3.8, 4) is 0 Å². The van der Waals surface area contributed by atoms with Crippen molar-refractivity contribution in [1.29, 1.82) is 0 Å². The first-order valence-corrected chi connectivity index (χ1v) is 5.83. The molecule has 2 rings (SSSR count). The van der Waals surface area contributed by atoms with E-state index in [-0.39, 0.29) is 6.61 Å². The maximum Gasteiger partial charge on any atom is 0.0471 e. The van der Waals surface area contributed by atoms with Crippen molar-refractivity contribution in [2.75, 3.05) is 24.6 Å². The molecule has 0 saturated heterocycles. The Morgan fingerprint density at radius 2 is 2.27 bits per heavy atom. The summed E-state index contributed by atoms with van der Waals surface area (Å²) in [5, 5.41) is 9.01. The third-order valence-electron chi connectivity index (χ3n) is 3.10. The van der Waals surface area contributed by atoms with E-state index in [2.05, 4.69) is 30.0 Å². The van der Waals surface area contributed by atoms with Crippen LogP contribution in [0.3, 0.4) is 0 Å². The first-order valence-electron chi connectivity index (χ1n) is 5.83. The summed E-state index contributed by atoms with van der Waals surface area (Å²) in [6, 6.07) is 6.46. The Morgan fingerprint density at radius 3 is 3.00 bits per heavy atom. The van der Waals surface area contributed by atoms with Crippen LogP contribution in [-0.4, -0.2) is 24.8 Å². The molecule has 0 radical (unpaired) electrons. The standard InChI is InChI=1S/C13H19NO/c1-2-8-14-9-6-12-11(7-10-15)4-3-5-13(12)14/h3-5,15H,2,6-10H2,1H3. The minimum atomic E-state index is 0.254. The molecule has 1 aromatic rings. The molecule has 0 atom stereocenters. The second kappa shape index (κ2) is 4.67. The quantitative estimate of drug-likeness (QED) is 0.812. The normalized spacial score (nSPS) is 14.4. The number of fused-ring (bicyclic) bond motifs is 1. The lowest BCUT2D eigenvalue weighted by Gasteiger charge is -2.18. The summed E-state index contributed by atoms with van der Waals surface area (Å²) in [6.07, 6.45) is 3.14. The van der Waals surface area contributed by atoms with E-state index in [0.717, 1.165) is 25.9 Å². The molecule has 1 aromatic carbocycles. The fourth-order valence-corrected chi connectivity index (χ4v) is 2.43. The van der Waals surface area contributed by atoms with E-state index in [1.807, 2.05) is 0 Å². The van der Waals surface area contributed by atoms with Gasteiger partial charge in [-0.1, -0.05) is 19.1 Å². The van der Waals surface area contributed by atoms with Gasteiger partial charge in [0, 0.05) is 25.4 Å². The van der Waals surface area contributed by atoms with Gasteiger partial charge in [-0.2, -0.15) is 0 Å². The molecule has 0 bridgehead atoms. The maximum absolute atomic E-state index is 9.01. The van der Waals surface area contributed by atoms with Crippen molar-refractivity contribution in [3.05, 3.63) is 29.3 Å². The van der Waals surface area contributed by atoms with Gasteiger partial charge < -0.3 is 10.0 Å². The number of anilines is 1. The van der Waals surface area contributed by atoms with Crippen LogP contribution >= 0.6 is 0 Å². The van der Waals surface area contributed by atoms with Gasteiger partial charge in [-0.25, -0.2) is 0 Å². The molecule has 82 valence electrons. The van der Waals surface area contributed by atoms with E-state index in [1.54, 1.807) is 0 Å². The highest BCUT2D eigenvalue weighted by Gasteiger charge is 2.20. The summed E-state index contributed by atoms with van der Waals surface area (Å²) >= 11 is 0. The third-order valence-corrected chi connectivity index (χ3v) is 3.10. The van der Waals surface area contributed by atoms with Crippen LogP contribution in [0, 0.1) is 0 Å². The lowest BCUT2D eigenvalue weighted by atomic mass is 10.0. The van der Waals surface area contributed by atoms with Crippen LogP contribution in [0.2, 0.25) is 0 Å². The monoisotopic (exact) mass is 205 g/mol. The number of aliphatic hydroxyl groups excluding tert-OH is 1. The SMILES string of the molecule is CCCN1CCc2c(CCO)cccc21. The smallest absolute Gasteiger partial charge is 0.0471 e. The van der Waals surface area contributed by atoms with E-state index in [4.69, 9.17) is 5.11 Å². The van der Waals surface area contributed by atoms with Crippen molar-refractivity contribution in [3.63, 3.8) is 0 Å². The lowest BCUT2D eigenvalue weighted by Crippen LogP contribution is -2.20. The summed E-state index contributed by atoms with van der Waals surface area (Å²) in [5.74, 6) is 0. The average Bonchev–Trinajstić information content (AvgIpc) is 2.64. The Labute approximate surface area is 91.5 Å². The summed E-state index contributed by atoms with van der Waals surface area (Å²) in [6.45, 7) is 4.76. The van der Waals surface area contributed by atoms with Gasteiger partial charge in [-0.05, 0) is 36.5 Å². The van der Waals surface area contributed by atoms with Crippen molar-refractivity contribution in [2.45, 2.75) is 26.2 Å². The van der Waals surface area contributed by atoms with Gasteiger partial charge in [0.05, 0.1) is 0 Å². The molecule has 0 amide bonds. The van der Waals surface area contributed by atoms with E-state index in [9.17, 15) is 0 Å². The molecular formula is C13H19NO. The van der Waals surface area contributed by atoms with Gasteiger partial charge in [0.2, 0.25) is 0 Å². The summed E-state index contributed by atoms with van der Waals surface area (Å²) in [4.78, 5) is 2.45. The highest BCUT2D eigenvalue weighted by Crippen LogP contribution is 2.30. The van der Waals surface area contributed by atoms with Gasteiger partial charge >= 0.3 is 0 Å². The van der Waals surface area contributed by atoms with Crippen molar-refractivity contribution < 1.29 is 5.11 Å². The number of nitrogens with zero attached hydrogens (tertiary/aromatic N) is 1. The second-order valence-corrected chi connectivity index (χ2v) is 4.13. The first-order chi connectivity index (χ1) is 7.36. The molecule has 0 aromatic heterocycles. The van der Waals surface area contributed by atoms with Crippen molar-refractivity contribution in [1.82, 2.24) is 0 Å². The molecule has 1 aliphatic heterocycles. The Kier molecular flexibility index (Phi) is 3.27. The molecule has 1 N–H and O–H groups in total. The number of benzene rings is 1. The summed E-state index contributed by atoms with van der Waals surface area (Å²) in [5.41, 5.74) is 4.18. The van der Waals surface area contributed by atoms with E-state index >= 15 is 0 Å². The zero-order valence-corrected chi connectivity index (χ0v) is 9.37. The molecule has 2 heteroatoms. The first kappa shape index (κ1) is 10.5. The highest BCUT2D eigenvalue weighted by atomic mass is 16.2. The van der Waals surface area contributed by atoms with E-state index < -0.39 is 0 Å². The number of aliphatic hydroxyl groups is 1. The van der Waals surface area contributed by atoms with E-state index in [0.29, 0.717) is 0 Å². The average molecular weight is 205 g/mol. The Bertz CT molecular complexity index is 335. The molecule has 1 aliphatic rings. The molecule has 0 spiro atoms. The minimum absolute atomic E-state index is 0.254. The zero-order valence-electron chi connectivity index (χ0n) is 9.37. The van der Waals surface area contributed by atoms with Gasteiger partial charge in [0.25, 0.3) is 0 Å². The van der Waals surface area contributed by atoms with Crippen LogP contribution in [0.15, 0.2) is 18.2 Å². The summed E-state index contributed by atoms with van der Waals surface area (Å²) in [7, 11) is 0. The Morgan fingerprint density at radius 1 is 1.40 bits per heavy atom. The fraction of sp³-hybridized carbons (Fsp3) is 0.538. The van der Waals surface area contributed by atoms with Gasteiger partial charge in [-0.3, -0.25) is 0 Å². The maximum atomic E-state index is 9.01. The zero-order chi connectivity index (χ0) is 10.7. The molecule has 2 nitrogen and oxygen atoms in total. The Hall–Kier alpha value is -1.02. The molecule has 15 heavy (non-hydrogen) atoms. The Balaban J connectivity index is 2.26. The topological polar surface area (TPSA) is 23.5 Å².